The summed E-state index contributed by atoms with van der Waals surface area (Å²) in [7, 11) is 0. The molecule has 0 heterocycles. The molecule has 0 saturated carbocycles. The maximum Gasteiger partial charge on any atom is 0.408 e. The molecule has 0 aliphatic rings. The number of nitrogens with one attached hydrogen (secondary N) is 3. The first kappa shape index (κ1) is 22.3. The van der Waals surface area contributed by atoms with E-state index in [0.717, 1.165) is 5.56 Å². The van der Waals surface area contributed by atoms with Crippen molar-refractivity contribution in [2.45, 2.75) is 26.5 Å². The van der Waals surface area contributed by atoms with Gasteiger partial charge in [0.2, 0.25) is 0 Å². The highest BCUT2D eigenvalue weighted by molar-refractivity contribution is 5.96. The van der Waals surface area contributed by atoms with Crippen molar-refractivity contribution in [1.82, 2.24) is 16.2 Å². The Hall–Kier alpha value is -3.95. The SMILES string of the molecule is CC(C)[C@H](NC(=O)OCc1ccccc1)C(=O)NNC(=O)c1ccc([N+](=O)[O-])cc1. The first-order valence-electron chi connectivity index (χ1n) is 9.09. The van der Waals surface area contributed by atoms with Crippen molar-refractivity contribution in [2.75, 3.05) is 0 Å². The third-order valence-corrected chi connectivity index (χ3v) is 4.07. The number of ether oxygens (including phenoxy) is 1. The van der Waals surface area contributed by atoms with E-state index in [0.29, 0.717) is 0 Å². The molecule has 0 saturated heterocycles. The van der Waals surface area contributed by atoms with Crippen LogP contribution in [-0.4, -0.2) is 28.9 Å². The van der Waals surface area contributed by atoms with Crippen LogP contribution in [0, 0.1) is 16.0 Å². The van der Waals surface area contributed by atoms with Gasteiger partial charge in [0, 0.05) is 17.7 Å². The molecule has 30 heavy (non-hydrogen) atoms. The zero-order valence-electron chi connectivity index (χ0n) is 16.5. The first-order valence-corrected chi connectivity index (χ1v) is 9.09. The second-order valence-corrected chi connectivity index (χ2v) is 6.68. The average Bonchev–Trinajstić information content (AvgIpc) is 2.74. The third-order valence-electron chi connectivity index (χ3n) is 4.07. The maximum atomic E-state index is 12.4. The number of nitrogens with zero attached hydrogens (tertiary/aromatic N) is 1. The van der Waals surface area contributed by atoms with Crippen LogP contribution in [0.1, 0.15) is 29.8 Å². The number of amides is 3. The van der Waals surface area contributed by atoms with Crippen LogP contribution in [-0.2, 0) is 16.1 Å². The largest absolute Gasteiger partial charge is 0.445 e. The van der Waals surface area contributed by atoms with Crippen molar-refractivity contribution in [1.29, 1.82) is 0 Å². The Morgan fingerprint density at radius 3 is 2.20 bits per heavy atom. The number of hydrogen-bond acceptors (Lipinski definition) is 6. The number of carbonyl (C=O) groups is 3. The van der Waals surface area contributed by atoms with E-state index in [1.807, 2.05) is 18.2 Å². The predicted molar refractivity (Wildman–Crippen MR) is 107 cm³/mol. The minimum Gasteiger partial charge on any atom is -0.445 e. The van der Waals surface area contributed by atoms with Gasteiger partial charge >= 0.3 is 6.09 Å². The second kappa shape index (κ2) is 10.6. The van der Waals surface area contributed by atoms with E-state index in [1.54, 1.807) is 26.0 Å². The quantitative estimate of drug-likeness (QED) is 0.469. The van der Waals surface area contributed by atoms with Crippen molar-refractivity contribution < 1.29 is 24.0 Å². The summed E-state index contributed by atoms with van der Waals surface area (Å²) >= 11 is 0. The molecule has 0 bridgehead atoms. The summed E-state index contributed by atoms with van der Waals surface area (Å²) in [6.45, 7) is 3.50. The minimum absolute atomic E-state index is 0.0516. The Morgan fingerprint density at radius 1 is 1.00 bits per heavy atom. The molecule has 3 amide bonds. The molecule has 10 nitrogen and oxygen atoms in total. The van der Waals surface area contributed by atoms with E-state index in [1.165, 1.54) is 24.3 Å². The normalized spacial score (nSPS) is 11.3. The fourth-order valence-electron chi connectivity index (χ4n) is 2.43. The molecule has 3 N–H and O–H groups in total. The molecule has 2 aromatic rings. The molecule has 0 aliphatic heterocycles. The lowest BCUT2D eigenvalue weighted by Crippen LogP contribution is -2.54. The molecule has 2 aromatic carbocycles. The van der Waals surface area contributed by atoms with Crippen LogP contribution in [0.15, 0.2) is 54.6 Å². The maximum absolute atomic E-state index is 12.4. The second-order valence-electron chi connectivity index (χ2n) is 6.68. The molecule has 1 atom stereocenters. The molecule has 158 valence electrons. The van der Waals surface area contributed by atoms with Gasteiger partial charge in [0.15, 0.2) is 0 Å². The summed E-state index contributed by atoms with van der Waals surface area (Å²) < 4.78 is 5.11. The van der Waals surface area contributed by atoms with Crippen LogP contribution < -0.4 is 16.2 Å². The van der Waals surface area contributed by atoms with Crippen molar-refractivity contribution >= 4 is 23.6 Å². The smallest absolute Gasteiger partial charge is 0.408 e. The standard InChI is InChI=1S/C20H22N4O6/c1-13(2)17(21-20(27)30-12-14-6-4-3-5-7-14)19(26)23-22-18(25)15-8-10-16(11-9-15)24(28)29/h3-11,13,17H,12H2,1-2H3,(H,21,27)(H,22,25)(H,23,26)/t17-/m0/s1. The van der Waals surface area contributed by atoms with E-state index < -0.39 is 28.9 Å². The Kier molecular flexibility index (Phi) is 7.86. The summed E-state index contributed by atoms with van der Waals surface area (Å²) in [6, 6.07) is 13.0. The number of hydrazine groups is 1. The Morgan fingerprint density at radius 2 is 1.63 bits per heavy atom. The number of alkyl carbamates (subject to hydrolysis) is 1. The molecule has 0 fully saturated rings. The average molecular weight is 414 g/mol. The monoisotopic (exact) mass is 414 g/mol. The molecular formula is C20H22N4O6. The first-order chi connectivity index (χ1) is 14.3. The van der Waals surface area contributed by atoms with Gasteiger partial charge in [-0.25, -0.2) is 4.79 Å². The van der Waals surface area contributed by atoms with Gasteiger partial charge in [-0.2, -0.15) is 0 Å². The highest BCUT2D eigenvalue weighted by Crippen LogP contribution is 2.11. The van der Waals surface area contributed by atoms with Crippen molar-refractivity contribution in [3.8, 4) is 0 Å². The number of benzene rings is 2. The van der Waals surface area contributed by atoms with E-state index >= 15 is 0 Å². The predicted octanol–water partition coefficient (Wildman–Crippen LogP) is 2.31. The van der Waals surface area contributed by atoms with E-state index in [-0.39, 0.29) is 23.8 Å². The minimum atomic E-state index is -0.953. The summed E-state index contributed by atoms with van der Waals surface area (Å²) in [4.78, 5) is 46.6. The third kappa shape index (κ3) is 6.59. The topological polar surface area (TPSA) is 140 Å². The fourth-order valence-corrected chi connectivity index (χ4v) is 2.43. The highest BCUT2D eigenvalue weighted by atomic mass is 16.6. The van der Waals surface area contributed by atoms with Gasteiger partial charge in [0.1, 0.15) is 12.6 Å². The van der Waals surface area contributed by atoms with E-state index in [9.17, 15) is 24.5 Å². The van der Waals surface area contributed by atoms with E-state index in [4.69, 9.17) is 4.74 Å². The lowest BCUT2D eigenvalue weighted by atomic mass is 10.0. The van der Waals surface area contributed by atoms with Crippen molar-refractivity contribution in [3.05, 3.63) is 75.8 Å². The number of non-ortho nitro benzene ring substituents is 1. The van der Waals surface area contributed by atoms with Gasteiger partial charge in [-0.3, -0.25) is 30.6 Å². The number of nitro benzene ring substituents is 1. The molecule has 0 unspecified atom stereocenters. The van der Waals surface area contributed by atoms with Gasteiger partial charge in [-0.05, 0) is 23.6 Å². The summed E-state index contributed by atoms with van der Waals surface area (Å²) in [5.41, 5.74) is 5.21. The van der Waals surface area contributed by atoms with E-state index in [2.05, 4.69) is 16.2 Å². The fraction of sp³-hybridized carbons (Fsp3) is 0.250. The van der Waals surface area contributed by atoms with Gasteiger partial charge < -0.3 is 10.1 Å². The number of carbonyl (C=O) groups excluding carboxylic acids is 3. The van der Waals surface area contributed by atoms with Gasteiger partial charge in [0.05, 0.1) is 4.92 Å². The number of hydrogen-bond donors (Lipinski definition) is 3. The van der Waals surface area contributed by atoms with Crippen LogP contribution in [0.5, 0.6) is 0 Å². The zero-order valence-corrected chi connectivity index (χ0v) is 16.5. The molecule has 0 aromatic heterocycles. The molecule has 2 rings (SSSR count). The van der Waals surface area contributed by atoms with Gasteiger partial charge in [0.25, 0.3) is 17.5 Å². The summed E-state index contributed by atoms with van der Waals surface area (Å²) in [5, 5.41) is 13.1. The van der Waals surface area contributed by atoms with Crippen LogP contribution >= 0.6 is 0 Å². The summed E-state index contributed by atoms with van der Waals surface area (Å²) in [5.74, 6) is -1.59. The Labute approximate surface area is 172 Å². The lowest BCUT2D eigenvalue weighted by Gasteiger charge is -2.21. The molecule has 0 aliphatic carbocycles. The zero-order chi connectivity index (χ0) is 22.1. The van der Waals surface area contributed by atoms with Crippen molar-refractivity contribution in [2.24, 2.45) is 5.92 Å². The lowest BCUT2D eigenvalue weighted by molar-refractivity contribution is -0.384. The van der Waals surface area contributed by atoms with Gasteiger partial charge in [-0.1, -0.05) is 44.2 Å². The molecule has 0 spiro atoms. The van der Waals surface area contributed by atoms with Crippen LogP contribution in [0.25, 0.3) is 0 Å². The van der Waals surface area contributed by atoms with Crippen LogP contribution in [0.2, 0.25) is 0 Å². The van der Waals surface area contributed by atoms with Gasteiger partial charge in [-0.15, -0.1) is 0 Å². The summed E-state index contributed by atoms with van der Waals surface area (Å²) in [6.07, 6.45) is -0.769. The number of nitro groups is 1. The van der Waals surface area contributed by atoms with Crippen molar-refractivity contribution in [3.63, 3.8) is 0 Å². The molecular weight excluding hydrogens is 392 g/mol. The van der Waals surface area contributed by atoms with Crippen LogP contribution in [0.4, 0.5) is 10.5 Å². The molecule has 10 heteroatoms. The van der Waals surface area contributed by atoms with Crippen LogP contribution in [0.3, 0.4) is 0 Å². The highest BCUT2D eigenvalue weighted by Gasteiger charge is 2.25. The Bertz CT molecular complexity index is 899. The molecule has 0 radical (unpaired) electrons. The number of rotatable bonds is 7. The Balaban J connectivity index is 1.87.